The zero-order valence-corrected chi connectivity index (χ0v) is 11.3. The van der Waals surface area contributed by atoms with E-state index in [4.69, 9.17) is 0 Å². The summed E-state index contributed by atoms with van der Waals surface area (Å²) in [6, 6.07) is 7.07. The van der Waals surface area contributed by atoms with Crippen LogP contribution in [0.3, 0.4) is 0 Å². The van der Waals surface area contributed by atoms with Crippen molar-refractivity contribution in [1.29, 1.82) is 0 Å². The van der Waals surface area contributed by atoms with E-state index in [1.807, 2.05) is 13.0 Å². The summed E-state index contributed by atoms with van der Waals surface area (Å²) in [5, 5.41) is 0.486. The zero-order valence-electron chi connectivity index (χ0n) is 11.3. The molecule has 5 nitrogen and oxygen atoms in total. The summed E-state index contributed by atoms with van der Waals surface area (Å²) < 4.78 is 1.19. The monoisotopic (exact) mass is 251 g/mol. The smallest absolute Gasteiger partial charge is 0.324 e. The molecule has 0 saturated carbocycles. The molecule has 0 aliphatic carbocycles. The molecule has 1 heterocycles. The second-order valence-corrected chi connectivity index (χ2v) is 3.91. The van der Waals surface area contributed by atoms with Crippen molar-refractivity contribution in [2.24, 2.45) is 0 Å². The SMILES string of the molecule is CC[CH-]c1nc2ccccc2c(=O)n1NC(C)=O.[Li+]. The number of carbonyl (C=O) groups is 1. The molecule has 94 valence electrons. The van der Waals surface area contributed by atoms with Gasteiger partial charge in [-0.1, -0.05) is 19.1 Å². The van der Waals surface area contributed by atoms with E-state index in [0.717, 1.165) is 6.42 Å². The molecule has 1 amide bonds. The van der Waals surface area contributed by atoms with Gasteiger partial charge in [-0.3, -0.25) is 20.0 Å². The Morgan fingerprint density at radius 1 is 1.42 bits per heavy atom. The molecule has 19 heavy (non-hydrogen) atoms. The van der Waals surface area contributed by atoms with E-state index in [1.54, 1.807) is 24.6 Å². The Bertz CT molecular complexity index is 652. The number of rotatable bonds is 3. The van der Waals surface area contributed by atoms with Gasteiger partial charge in [0.15, 0.2) is 0 Å². The number of para-hydroxylation sites is 1. The molecule has 2 aromatic rings. The van der Waals surface area contributed by atoms with E-state index in [-0.39, 0.29) is 30.3 Å². The fraction of sp³-hybridized carbons (Fsp3) is 0.231. The molecule has 0 aliphatic heterocycles. The third kappa shape index (κ3) is 3.19. The molecule has 1 N–H and O–H groups in total. The molecule has 1 aromatic heterocycles. The standard InChI is InChI=1S/C13H14N3O2.Li/c1-3-6-12-14-11-8-5-4-7-10(11)13(18)16(12)15-9(2)17;/h4-8H,3H2,1-2H3,(H,15,17);/q-1;+1. The second-order valence-electron chi connectivity index (χ2n) is 3.91. The average molecular weight is 251 g/mol. The van der Waals surface area contributed by atoms with E-state index in [0.29, 0.717) is 16.7 Å². The molecule has 0 bridgehead atoms. The number of aromatic nitrogens is 2. The third-order valence-corrected chi connectivity index (χ3v) is 2.46. The fourth-order valence-electron chi connectivity index (χ4n) is 1.73. The van der Waals surface area contributed by atoms with Crippen LogP contribution in [0.15, 0.2) is 29.1 Å². The zero-order chi connectivity index (χ0) is 13.1. The number of hydrogen-bond donors (Lipinski definition) is 1. The molecule has 2 rings (SSSR count). The van der Waals surface area contributed by atoms with Crippen LogP contribution in [0.5, 0.6) is 0 Å². The molecule has 0 unspecified atom stereocenters. The molecule has 0 aliphatic rings. The molecule has 6 heteroatoms. The number of nitrogens with one attached hydrogen (secondary N) is 1. The Morgan fingerprint density at radius 3 is 2.74 bits per heavy atom. The summed E-state index contributed by atoms with van der Waals surface area (Å²) in [7, 11) is 0. The molecule has 0 fully saturated rings. The quantitative estimate of drug-likeness (QED) is 0.531. The van der Waals surface area contributed by atoms with Gasteiger partial charge >= 0.3 is 18.9 Å². The van der Waals surface area contributed by atoms with Crippen LogP contribution < -0.4 is 29.8 Å². The van der Waals surface area contributed by atoms with Gasteiger partial charge in [0.05, 0.1) is 10.9 Å². The van der Waals surface area contributed by atoms with Crippen molar-refractivity contribution in [3.63, 3.8) is 0 Å². The Kier molecular flexibility index (Phi) is 5.22. The number of hydrogen-bond acceptors (Lipinski definition) is 3. The molecule has 0 atom stereocenters. The van der Waals surface area contributed by atoms with Crippen molar-refractivity contribution in [3.8, 4) is 0 Å². The molecule has 0 radical (unpaired) electrons. The Morgan fingerprint density at radius 2 is 2.11 bits per heavy atom. The van der Waals surface area contributed by atoms with Gasteiger partial charge in [-0.15, -0.1) is 0 Å². The average Bonchev–Trinajstić information content (AvgIpc) is 2.34. The van der Waals surface area contributed by atoms with Crippen molar-refractivity contribution < 1.29 is 23.7 Å². The minimum absolute atomic E-state index is 0. The number of carbonyl (C=O) groups excluding carboxylic acids is 1. The van der Waals surface area contributed by atoms with Crippen LogP contribution in [0, 0.1) is 6.42 Å². The van der Waals surface area contributed by atoms with E-state index < -0.39 is 0 Å². The first-order valence-electron chi connectivity index (χ1n) is 5.76. The van der Waals surface area contributed by atoms with E-state index in [9.17, 15) is 9.59 Å². The third-order valence-electron chi connectivity index (χ3n) is 2.46. The van der Waals surface area contributed by atoms with Gasteiger partial charge in [-0.25, -0.2) is 4.68 Å². The maximum absolute atomic E-state index is 12.2. The van der Waals surface area contributed by atoms with Crippen LogP contribution in [0.4, 0.5) is 0 Å². The fourth-order valence-corrected chi connectivity index (χ4v) is 1.73. The topological polar surface area (TPSA) is 64.0 Å². The van der Waals surface area contributed by atoms with Crippen molar-refractivity contribution >= 4 is 16.8 Å². The summed E-state index contributed by atoms with van der Waals surface area (Å²) in [4.78, 5) is 27.8. The summed E-state index contributed by atoms with van der Waals surface area (Å²) >= 11 is 0. The van der Waals surface area contributed by atoms with Gasteiger partial charge in [-0.05, 0) is 18.0 Å². The summed E-state index contributed by atoms with van der Waals surface area (Å²) in [5.41, 5.74) is 2.85. The van der Waals surface area contributed by atoms with Gasteiger partial charge in [0, 0.05) is 6.92 Å². The van der Waals surface area contributed by atoms with E-state index >= 15 is 0 Å². The first-order valence-corrected chi connectivity index (χ1v) is 5.76. The minimum Gasteiger partial charge on any atom is -0.324 e. The minimum atomic E-state index is -0.306. The normalized spacial score (nSPS) is 9.79. The second kappa shape index (κ2) is 6.46. The van der Waals surface area contributed by atoms with Gasteiger partial charge in [0.1, 0.15) is 0 Å². The Labute approximate surface area is 123 Å². The predicted octanol–water partition coefficient (Wildman–Crippen LogP) is -1.55. The van der Waals surface area contributed by atoms with Crippen LogP contribution >= 0.6 is 0 Å². The van der Waals surface area contributed by atoms with Crippen LogP contribution in [0.2, 0.25) is 0 Å². The Hall–Kier alpha value is -1.70. The summed E-state index contributed by atoms with van der Waals surface area (Å²) in [6.45, 7) is 3.30. The van der Waals surface area contributed by atoms with Gasteiger partial charge < -0.3 is 6.42 Å². The number of fused-ring (bicyclic) bond motifs is 1. The molecule has 0 spiro atoms. The summed E-state index contributed by atoms with van der Waals surface area (Å²) in [5.74, 6) is 0.149. The molecular weight excluding hydrogens is 237 g/mol. The van der Waals surface area contributed by atoms with Crippen LogP contribution in [-0.4, -0.2) is 15.6 Å². The van der Waals surface area contributed by atoms with Gasteiger partial charge in [-0.2, -0.15) is 6.42 Å². The maximum atomic E-state index is 12.2. The molecule has 0 saturated heterocycles. The van der Waals surface area contributed by atoms with E-state index in [2.05, 4.69) is 10.4 Å². The predicted molar refractivity (Wildman–Crippen MR) is 69.7 cm³/mol. The van der Waals surface area contributed by atoms with Crippen molar-refractivity contribution in [1.82, 2.24) is 9.66 Å². The number of amides is 1. The summed E-state index contributed by atoms with van der Waals surface area (Å²) in [6.07, 6.45) is 2.52. The van der Waals surface area contributed by atoms with Crippen LogP contribution in [-0.2, 0) is 4.79 Å². The van der Waals surface area contributed by atoms with Gasteiger partial charge in [0.2, 0.25) is 5.91 Å². The number of benzene rings is 1. The van der Waals surface area contributed by atoms with Crippen LogP contribution in [0.1, 0.15) is 26.1 Å². The Balaban J connectivity index is 0.00000180. The van der Waals surface area contributed by atoms with Crippen LogP contribution in [0.25, 0.3) is 10.9 Å². The maximum Gasteiger partial charge on any atom is 1.00 e. The first kappa shape index (κ1) is 15.4. The van der Waals surface area contributed by atoms with Crippen molar-refractivity contribution in [2.45, 2.75) is 20.3 Å². The molecule has 1 aromatic carbocycles. The first-order chi connectivity index (χ1) is 8.63. The largest absolute Gasteiger partial charge is 1.00 e. The van der Waals surface area contributed by atoms with Crippen molar-refractivity contribution in [2.75, 3.05) is 5.43 Å². The number of nitrogens with zero attached hydrogens (tertiary/aromatic N) is 2. The van der Waals surface area contributed by atoms with E-state index in [1.165, 1.54) is 11.6 Å². The molecular formula is C13H14LiN3O2. The van der Waals surface area contributed by atoms with Crippen molar-refractivity contribution in [3.05, 3.63) is 46.9 Å². The van der Waals surface area contributed by atoms with Gasteiger partial charge in [0.25, 0.3) is 5.56 Å².